The maximum Gasteiger partial charge on any atom is -0.0167 e. The summed E-state index contributed by atoms with van der Waals surface area (Å²) < 4.78 is 4.92. The number of benzene rings is 3. The van der Waals surface area contributed by atoms with E-state index in [4.69, 9.17) is 0 Å². The van der Waals surface area contributed by atoms with Crippen LogP contribution in [0.25, 0.3) is 0 Å². The molecule has 0 amide bonds. The first-order chi connectivity index (χ1) is 13.6. The van der Waals surface area contributed by atoms with E-state index in [0.717, 1.165) is 12.8 Å². The first-order valence-electron chi connectivity index (χ1n) is 10.2. The molecule has 1 N–H and O–H groups in total. The number of hydrogen-bond acceptors (Lipinski definition) is 1. The van der Waals surface area contributed by atoms with Gasteiger partial charge in [0.15, 0.2) is 0 Å². The van der Waals surface area contributed by atoms with Gasteiger partial charge in [-0.3, -0.25) is 0 Å². The van der Waals surface area contributed by atoms with Crippen LogP contribution in [0.4, 0.5) is 0 Å². The van der Waals surface area contributed by atoms with Crippen LogP contribution in [0.3, 0.4) is 0 Å². The Morgan fingerprint density at radius 3 is 1.57 bits per heavy atom. The third kappa shape index (κ3) is 5.52. The molecule has 0 aliphatic heterocycles. The van der Waals surface area contributed by atoms with Crippen molar-refractivity contribution in [1.29, 1.82) is 0 Å². The fraction of sp³-hybridized carbons (Fsp3) is 0.308. The Kier molecular flexibility index (Phi) is 9.35. The van der Waals surface area contributed by atoms with Crippen LogP contribution in [0, 0.1) is 13.8 Å². The Hall–Kier alpha value is -1.50. The predicted octanol–water partition coefficient (Wildman–Crippen LogP) is 3.78. The average molecular weight is 570 g/mol. The molecule has 0 spiro atoms. The van der Waals surface area contributed by atoms with Crippen molar-refractivity contribution in [2.75, 3.05) is 14.1 Å². The Morgan fingerprint density at radius 2 is 1.14 bits per heavy atom. The van der Waals surface area contributed by atoms with Gasteiger partial charge in [-0.1, -0.05) is 0 Å². The third-order valence-corrected chi connectivity index (χ3v) is 15.8. The predicted molar refractivity (Wildman–Crippen MR) is 127 cm³/mol. The summed E-state index contributed by atoms with van der Waals surface area (Å²) in [6, 6.07) is 25.4. The van der Waals surface area contributed by atoms with Gasteiger partial charge < -0.3 is 5.32 Å². The van der Waals surface area contributed by atoms with Crippen molar-refractivity contribution < 1.29 is 0 Å². The first kappa shape index (κ1) is 22.8. The number of nitrogens with one attached hydrogen (secondary N) is 1. The second kappa shape index (κ2) is 11.5. The van der Waals surface area contributed by atoms with E-state index in [0.29, 0.717) is 0 Å². The summed E-state index contributed by atoms with van der Waals surface area (Å²) in [5.74, 6) is 0. The Labute approximate surface area is 179 Å². The molecular formula is C26H34BiN. The molecule has 0 bridgehead atoms. The quantitative estimate of drug-likeness (QED) is 0.462. The molecule has 0 aromatic heterocycles. The summed E-state index contributed by atoms with van der Waals surface area (Å²) in [5.41, 5.74) is 5.89. The van der Waals surface area contributed by atoms with Gasteiger partial charge in [-0.05, 0) is 14.1 Å². The van der Waals surface area contributed by atoms with Gasteiger partial charge >= 0.3 is 161 Å². The smallest absolute Gasteiger partial charge is 0.0167 e. The SMILES string of the molecule is CCc1cccc[c]1[Bi]([c]1ccc(C)cc1C)[c]1ccccc1CC.CNC. The second-order valence-electron chi connectivity index (χ2n) is 7.09. The number of rotatable bonds is 5. The van der Waals surface area contributed by atoms with E-state index in [2.05, 4.69) is 99.7 Å². The normalized spacial score (nSPS) is 10.5. The van der Waals surface area contributed by atoms with Gasteiger partial charge in [0.1, 0.15) is 0 Å². The molecule has 0 radical (unpaired) electrons. The molecule has 1 nitrogen and oxygen atoms in total. The van der Waals surface area contributed by atoms with Gasteiger partial charge in [-0.25, -0.2) is 0 Å². The Morgan fingerprint density at radius 1 is 0.679 bits per heavy atom. The second-order valence-corrected chi connectivity index (χ2v) is 15.3. The van der Waals surface area contributed by atoms with Gasteiger partial charge in [0.25, 0.3) is 0 Å². The molecule has 0 heterocycles. The molecule has 0 unspecified atom stereocenters. The fourth-order valence-corrected chi connectivity index (χ4v) is 14.9. The van der Waals surface area contributed by atoms with E-state index in [1.165, 1.54) is 22.3 Å². The molecule has 3 aromatic rings. The van der Waals surface area contributed by atoms with Crippen molar-refractivity contribution in [1.82, 2.24) is 5.32 Å². The summed E-state index contributed by atoms with van der Waals surface area (Å²) in [7, 11) is 3.75. The minimum Gasteiger partial charge on any atom is -0.323 e. The van der Waals surface area contributed by atoms with Crippen molar-refractivity contribution in [2.45, 2.75) is 40.5 Å². The zero-order valence-electron chi connectivity index (χ0n) is 18.2. The van der Waals surface area contributed by atoms with Gasteiger partial charge in [-0.2, -0.15) is 0 Å². The molecule has 148 valence electrons. The molecule has 0 atom stereocenters. The van der Waals surface area contributed by atoms with E-state index in [9.17, 15) is 0 Å². The van der Waals surface area contributed by atoms with Crippen LogP contribution in [0.5, 0.6) is 0 Å². The van der Waals surface area contributed by atoms with Crippen LogP contribution in [-0.2, 0) is 12.8 Å². The van der Waals surface area contributed by atoms with E-state index < -0.39 is 21.8 Å². The fourth-order valence-electron chi connectivity index (χ4n) is 3.50. The zero-order valence-corrected chi connectivity index (χ0v) is 21.7. The molecule has 28 heavy (non-hydrogen) atoms. The van der Waals surface area contributed by atoms with Crippen molar-refractivity contribution in [3.05, 3.63) is 89.0 Å². The zero-order chi connectivity index (χ0) is 20.5. The summed E-state index contributed by atoms with van der Waals surface area (Å²) in [6.07, 6.45) is 2.22. The van der Waals surface area contributed by atoms with Crippen LogP contribution in [-0.4, -0.2) is 35.8 Å². The number of hydrogen-bond donors (Lipinski definition) is 1. The van der Waals surface area contributed by atoms with Crippen LogP contribution in [0.2, 0.25) is 0 Å². The van der Waals surface area contributed by atoms with Crippen molar-refractivity contribution in [2.24, 2.45) is 0 Å². The average Bonchev–Trinajstić information content (AvgIpc) is 2.71. The van der Waals surface area contributed by atoms with Crippen molar-refractivity contribution in [3.63, 3.8) is 0 Å². The van der Waals surface area contributed by atoms with Gasteiger partial charge in [0.05, 0.1) is 0 Å². The topological polar surface area (TPSA) is 12.0 Å². The monoisotopic (exact) mass is 569 g/mol. The molecular weight excluding hydrogens is 535 g/mol. The Bertz CT molecular complexity index is 838. The van der Waals surface area contributed by atoms with Crippen molar-refractivity contribution in [3.8, 4) is 0 Å². The minimum absolute atomic E-state index is 1.11. The maximum atomic E-state index is 2.75. The third-order valence-electron chi connectivity index (χ3n) is 4.82. The Balaban J connectivity index is 0.000000878. The standard InChI is InChI=1S/3C8H9.C2H7N.Bi/c1-7-4-3-5-8(2)6-7;2*1-2-8-6-4-3-5-7-8;1-3-2;/h3-4,6H,1-2H3;2*3-6H,2H2,1H3;3H,1-2H3;. The first-order valence-corrected chi connectivity index (χ1v) is 15.4. The van der Waals surface area contributed by atoms with E-state index in [-0.39, 0.29) is 0 Å². The van der Waals surface area contributed by atoms with Crippen LogP contribution in [0.15, 0.2) is 66.7 Å². The van der Waals surface area contributed by atoms with E-state index >= 15 is 0 Å². The molecule has 0 fully saturated rings. The number of aryl methyl sites for hydroxylation is 4. The van der Waals surface area contributed by atoms with Gasteiger partial charge in [0.2, 0.25) is 0 Å². The molecule has 3 aromatic carbocycles. The molecule has 0 saturated heterocycles. The van der Waals surface area contributed by atoms with Crippen LogP contribution < -0.4 is 15.1 Å². The van der Waals surface area contributed by atoms with E-state index in [1.807, 2.05) is 14.1 Å². The molecule has 2 heteroatoms. The summed E-state index contributed by atoms with van der Waals surface area (Å²) in [6.45, 7) is 9.07. The summed E-state index contributed by atoms with van der Waals surface area (Å²) in [5, 5.41) is 2.75. The molecule has 0 aliphatic rings. The molecule has 0 aliphatic carbocycles. The van der Waals surface area contributed by atoms with Crippen molar-refractivity contribution >= 4 is 31.6 Å². The van der Waals surface area contributed by atoms with Gasteiger partial charge in [-0.15, -0.1) is 0 Å². The van der Waals surface area contributed by atoms with E-state index in [1.54, 1.807) is 9.81 Å². The summed E-state index contributed by atoms with van der Waals surface area (Å²) >= 11 is -2.31. The molecule has 0 saturated carbocycles. The van der Waals surface area contributed by atoms with Gasteiger partial charge in [0, 0.05) is 0 Å². The maximum absolute atomic E-state index is 2.75. The minimum atomic E-state index is -2.31. The van der Waals surface area contributed by atoms with Crippen LogP contribution in [0.1, 0.15) is 36.1 Å². The molecule has 3 rings (SSSR count). The largest absolute Gasteiger partial charge is 0.323 e. The summed E-state index contributed by atoms with van der Waals surface area (Å²) in [4.78, 5) is 0. The van der Waals surface area contributed by atoms with Crippen LogP contribution >= 0.6 is 0 Å².